The second-order valence-electron chi connectivity index (χ2n) is 19.0. The van der Waals surface area contributed by atoms with Crippen LogP contribution in [0.1, 0.15) is 61.5 Å². The number of ether oxygens (including phenoxy) is 12. The van der Waals surface area contributed by atoms with Gasteiger partial charge in [0.2, 0.25) is 23.7 Å². The number of aliphatic carboxylic acids is 1. The van der Waals surface area contributed by atoms with Gasteiger partial charge in [0.25, 0.3) is 5.56 Å². The summed E-state index contributed by atoms with van der Waals surface area (Å²) < 4.78 is 65.8. The lowest BCUT2D eigenvalue weighted by Crippen LogP contribution is -2.51. The highest BCUT2D eigenvalue weighted by atomic mass is 32.1. The van der Waals surface area contributed by atoms with Crippen molar-refractivity contribution < 1.29 is 90.7 Å². The van der Waals surface area contributed by atoms with Gasteiger partial charge in [0.1, 0.15) is 6.04 Å². The summed E-state index contributed by atoms with van der Waals surface area (Å²) in [4.78, 5) is 100. The molecule has 0 saturated heterocycles. The average molecular weight is 1260 g/mol. The molecule has 3 rings (SSSR count). The second kappa shape index (κ2) is 49.0. The normalized spacial score (nSPS) is 12.4. The molecule has 0 fully saturated rings. The first-order chi connectivity index (χ1) is 42.3. The third-order valence-corrected chi connectivity index (χ3v) is 12.4. The fourth-order valence-corrected chi connectivity index (χ4v) is 7.45. The molecular formula is C56H90N10O20S. The Labute approximate surface area is 511 Å². The van der Waals surface area contributed by atoms with Crippen molar-refractivity contribution in [1.82, 2.24) is 35.9 Å². The molecule has 3 atom stereocenters. The molecule has 0 aliphatic carbocycles. The Balaban J connectivity index is 0.969. The molecule has 0 radical (unpaired) electrons. The van der Waals surface area contributed by atoms with Gasteiger partial charge < -0.3 is 94.7 Å². The maximum Gasteiger partial charge on any atom is 0.306 e. The van der Waals surface area contributed by atoms with Crippen LogP contribution in [0.5, 0.6) is 0 Å². The van der Waals surface area contributed by atoms with Crippen LogP contribution in [0.25, 0.3) is 11.2 Å². The van der Waals surface area contributed by atoms with Crippen molar-refractivity contribution in [3.8, 4) is 0 Å². The molecule has 2 aromatic heterocycles. The van der Waals surface area contributed by atoms with Gasteiger partial charge in [-0.25, -0.2) is 9.97 Å². The van der Waals surface area contributed by atoms with Crippen molar-refractivity contribution in [2.24, 2.45) is 11.7 Å². The number of nitrogens with two attached hydrogens (primary N) is 2. The number of amides is 3. The Kier molecular flexibility index (Phi) is 42.5. The van der Waals surface area contributed by atoms with E-state index in [-0.39, 0.29) is 99.0 Å². The molecule has 87 heavy (non-hydrogen) atoms. The number of ketones is 2. The van der Waals surface area contributed by atoms with Gasteiger partial charge in [0, 0.05) is 50.0 Å². The number of aromatic nitrogens is 4. The lowest BCUT2D eigenvalue weighted by atomic mass is 9.94. The Bertz CT molecular complexity index is 2450. The fourth-order valence-electron chi connectivity index (χ4n) is 7.30. The molecule has 30 nitrogen and oxygen atoms in total. The van der Waals surface area contributed by atoms with E-state index in [1.165, 1.54) is 6.20 Å². The number of fused-ring (bicyclic) bond motifs is 1. The maximum atomic E-state index is 12.9. The van der Waals surface area contributed by atoms with E-state index in [2.05, 4.69) is 53.8 Å². The number of aromatic amines is 1. The van der Waals surface area contributed by atoms with Crippen molar-refractivity contribution in [2.45, 2.75) is 64.1 Å². The molecule has 0 saturated carbocycles. The Morgan fingerprint density at radius 1 is 0.621 bits per heavy atom. The number of rotatable bonds is 57. The number of benzene rings is 1. The van der Waals surface area contributed by atoms with Crippen molar-refractivity contribution >= 4 is 70.7 Å². The number of nitrogen functional groups attached to an aromatic ring is 1. The summed E-state index contributed by atoms with van der Waals surface area (Å²) in [5.41, 5.74) is 12.5. The van der Waals surface area contributed by atoms with Gasteiger partial charge in [-0.1, -0.05) is 0 Å². The Hall–Kier alpha value is -5.91. The van der Waals surface area contributed by atoms with Crippen LogP contribution in [-0.4, -0.2) is 250 Å². The summed E-state index contributed by atoms with van der Waals surface area (Å²) >= 11 is 4.08. The van der Waals surface area contributed by atoms with Crippen LogP contribution in [0, 0.1) is 5.92 Å². The molecule has 31 heteroatoms. The van der Waals surface area contributed by atoms with E-state index in [0.29, 0.717) is 181 Å². The number of thiol groups is 1. The highest BCUT2D eigenvalue weighted by Crippen LogP contribution is 2.18. The average Bonchev–Trinajstić information content (AvgIpc) is 2.92. The number of Topliss-reactive ketones (excluding diaryl/α,β-unsaturated/α-hetero) is 2. The van der Waals surface area contributed by atoms with Gasteiger partial charge in [-0.05, 0) is 49.8 Å². The number of H-pyrrole nitrogens is 1. The van der Waals surface area contributed by atoms with Crippen molar-refractivity contribution in [2.75, 3.05) is 188 Å². The van der Waals surface area contributed by atoms with Crippen LogP contribution in [-0.2, 0) is 87.4 Å². The van der Waals surface area contributed by atoms with E-state index >= 15 is 0 Å². The summed E-state index contributed by atoms with van der Waals surface area (Å²) in [6.07, 6.45) is 2.17. The van der Waals surface area contributed by atoms with Crippen LogP contribution in [0.2, 0.25) is 0 Å². The van der Waals surface area contributed by atoms with Gasteiger partial charge in [-0.3, -0.25) is 38.5 Å². The molecule has 0 aliphatic rings. The zero-order chi connectivity index (χ0) is 63.0. The van der Waals surface area contributed by atoms with Crippen molar-refractivity contribution in [1.29, 1.82) is 0 Å². The first-order valence-electron chi connectivity index (χ1n) is 29.0. The summed E-state index contributed by atoms with van der Waals surface area (Å²) in [5.74, 6) is -3.31. The van der Waals surface area contributed by atoms with E-state index in [4.69, 9.17) is 68.3 Å². The molecule has 490 valence electrons. The molecule has 0 bridgehead atoms. The highest BCUT2D eigenvalue weighted by Gasteiger charge is 2.24. The first-order valence-corrected chi connectivity index (χ1v) is 29.7. The fraction of sp³-hybridized carbons (Fsp3) is 0.679. The molecule has 0 spiro atoms. The minimum absolute atomic E-state index is 0.0112. The number of nitrogens with one attached hydrogen (secondary N) is 5. The van der Waals surface area contributed by atoms with Crippen LogP contribution in [0.3, 0.4) is 0 Å². The van der Waals surface area contributed by atoms with Crippen LogP contribution < -0.4 is 38.3 Å². The molecule has 0 unspecified atom stereocenters. The number of anilines is 2. The number of hydrogen-bond donors (Lipinski definition) is 9. The number of carboxylic acids is 1. The molecule has 10 N–H and O–H groups in total. The lowest BCUT2D eigenvalue weighted by molar-refractivity contribution is -0.142. The van der Waals surface area contributed by atoms with E-state index in [9.17, 15) is 38.7 Å². The monoisotopic (exact) mass is 1250 g/mol. The molecule has 3 amide bonds. The minimum atomic E-state index is -1.16. The first kappa shape index (κ1) is 75.3. The highest BCUT2D eigenvalue weighted by molar-refractivity contribution is 7.80. The standard InChI is InChI=1S/C56H90N10O20S/c1-41(47(67)3-2-36-87)63-53(71)46(57)40-61-50(70)10-12-75-14-16-77-18-20-79-22-24-81-26-28-83-30-32-85-34-35-86-33-31-84-29-27-82-25-23-80-21-19-78-17-15-76-13-11-59-49(69)9-6-43(55(73)74)37-48(68)42-4-7-44(8-5-42)60-38-45-39-62-52-51(64-45)54(72)66-56(58)65-52/h4-5,7-8,39,41,43,46,60,87H,2-3,6,9-38,40,57H2,1H3,(H,59,69)(H,61,70)(H,63,71)(H,73,74)(H3,58,62,65,66,72)/t41-,43-,46-/m0/s1. The molecule has 2 heterocycles. The molecule has 0 aliphatic heterocycles. The third kappa shape index (κ3) is 37.5. The zero-order valence-corrected chi connectivity index (χ0v) is 50.7. The number of nitrogens with zero attached hydrogens (tertiary/aromatic N) is 3. The van der Waals surface area contributed by atoms with E-state index in [0.717, 1.165) is 0 Å². The van der Waals surface area contributed by atoms with Gasteiger partial charge in [-0.2, -0.15) is 17.6 Å². The summed E-state index contributed by atoms with van der Waals surface area (Å²) in [7, 11) is 0. The Morgan fingerprint density at radius 2 is 1.08 bits per heavy atom. The molecule has 3 aromatic rings. The van der Waals surface area contributed by atoms with Gasteiger partial charge in [0.15, 0.2) is 22.7 Å². The summed E-state index contributed by atoms with van der Waals surface area (Å²) in [6, 6.07) is 4.85. The van der Waals surface area contributed by atoms with E-state index in [1.807, 2.05) is 0 Å². The van der Waals surface area contributed by atoms with Gasteiger partial charge >= 0.3 is 5.97 Å². The van der Waals surface area contributed by atoms with E-state index in [1.54, 1.807) is 31.2 Å². The SMILES string of the molecule is C[C@H](NC(=O)[C@@H](N)CNC(=O)CCOCCOCCOCCOCCOCCOCCOCCOCCOCCOCCOCCOCCNC(=O)CC[C@@H](CC(=O)c1ccc(NCc2cnc3nc(N)[nH]c(=O)c3n2)cc1)C(=O)O)C(=O)CCCS. The molecule has 1 aromatic carbocycles. The smallest absolute Gasteiger partial charge is 0.306 e. The summed E-state index contributed by atoms with van der Waals surface area (Å²) in [5, 5.41) is 20.7. The topological polar surface area (TPSA) is 405 Å². The maximum absolute atomic E-state index is 12.9. The largest absolute Gasteiger partial charge is 0.481 e. The van der Waals surface area contributed by atoms with Crippen LogP contribution in [0.15, 0.2) is 35.3 Å². The predicted molar refractivity (Wildman–Crippen MR) is 320 cm³/mol. The Morgan fingerprint density at radius 3 is 1.55 bits per heavy atom. The zero-order valence-electron chi connectivity index (χ0n) is 49.8. The third-order valence-electron chi connectivity index (χ3n) is 12.1. The second-order valence-corrected chi connectivity index (χ2v) is 19.4. The summed E-state index contributed by atoms with van der Waals surface area (Å²) in [6.45, 7) is 11.2. The number of carbonyl (C=O) groups excluding carboxylic acids is 5. The van der Waals surface area contributed by atoms with Gasteiger partial charge in [-0.15, -0.1) is 0 Å². The lowest BCUT2D eigenvalue weighted by Gasteiger charge is -2.17. The van der Waals surface area contributed by atoms with E-state index < -0.39 is 35.4 Å². The number of carboxylic acid groups (broad SMARTS) is 1. The molecular weight excluding hydrogens is 1160 g/mol. The van der Waals surface area contributed by atoms with Crippen LogP contribution in [0.4, 0.5) is 11.6 Å². The van der Waals surface area contributed by atoms with Gasteiger partial charge in [0.05, 0.1) is 189 Å². The van der Waals surface area contributed by atoms with Crippen LogP contribution >= 0.6 is 12.6 Å². The van der Waals surface area contributed by atoms with Crippen molar-refractivity contribution in [3.63, 3.8) is 0 Å². The number of hydrogen-bond acceptors (Lipinski definition) is 26. The number of carbonyl (C=O) groups is 6. The predicted octanol–water partition coefficient (Wildman–Crippen LogP) is -0.106. The minimum Gasteiger partial charge on any atom is -0.481 e. The quantitative estimate of drug-likeness (QED) is 0.0202. The van der Waals surface area contributed by atoms with Crippen molar-refractivity contribution in [3.05, 3.63) is 52.1 Å².